The first-order valence-electron chi connectivity index (χ1n) is 8.21. The van der Waals surface area contributed by atoms with Crippen molar-refractivity contribution in [1.29, 1.82) is 0 Å². The minimum absolute atomic E-state index is 0.317. The Hall–Kier alpha value is -3.77. The van der Waals surface area contributed by atoms with E-state index in [2.05, 4.69) is 35.7 Å². The van der Waals surface area contributed by atoms with Gasteiger partial charge < -0.3 is 21.3 Å². The van der Waals surface area contributed by atoms with Gasteiger partial charge >= 0.3 is 11.9 Å². The first-order valence-corrected chi connectivity index (χ1v) is 8.21. The van der Waals surface area contributed by atoms with E-state index in [4.69, 9.17) is 15.9 Å². The second kappa shape index (κ2) is 11.8. The van der Waals surface area contributed by atoms with E-state index < -0.39 is 11.9 Å². The van der Waals surface area contributed by atoms with Crippen LogP contribution in [0, 0.1) is 6.92 Å². The molecule has 2 aromatic rings. The van der Waals surface area contributed by atoms with Crippen molar-refractivity contribution in [3.8, 4) is 0 Å². The summed E-state index contributed by atoms with van der Waals surface area (Å²) < 4.78 is 0. The number of hydrogen-bond donors (Lipinski definition) is 5. The molecule has 0 saturated heterocycles. The molecule has 0 aromatic carbocycles. The molecule has 6 N–H and O–H groups in total. The van der Waals surface area contributed by atoms with Crippen LogP contribution in [0.3, 0.4) is 0 Å². The summed E-state index contributed by atoms with van der Waals surface area (Å²) in [6.45, 7) is 2.64. The van der Waals surface area contributed by atoms with Gasteiger partial charge in [0.1, 0.15) is 5.82 Å². The van der Waals surface area contributed by atoms with Gasteiger partial charge in [-0.15, -0.1) is 5.10 Å². The Balaban J connectivity index is 0.000000416. The lowest BCUT2D eigenvalue weighted by atomic mass is 10.2. The molecule has 2 heterocycles. The number of hydrogen-bond acceptors (Lipinski definition) is 7. The van der Waals surface area contributed by atoms with E-state index in [1.807, 2.05) is 6.92 Å². The van der Waals surface area contributed by atoms with Crippen LogP contribution in [-0.2, 0) is 22.6 Å². The van der Waals surface area contributed by atoms with Gasteiger partial charge in [0.15, 0.2) is 17.6 Å². The number of unbranched alkanes of at least 4 members (excludes halogenated alkanes) is 1. The highest BCUT2D eigenvalue weighted by Crippen LogP contribution is 2.03. The topological polar surface area (TPSA) is 197 Å². The highest BCUT2D eigenvalue weighted by Gasteiger charge is 2.03. The molecular weight excluding hydrogens is 370 g/mol. The number of aliphatic imine (C=N–C) groups is 1. The Morgan fingerprint density at radius 2 is 2.00 bits per heavy atom. The summed E-state index contributed by atoms with van der Waals surface area (Å²) in [4.78, 5) is 28.8. The Kier molecular flexibility index (Phi) is 9.36. The molecule has 0 radical (unpaired) electrons. The summed E-state index contributed by atoms with van der Waals surface area (Å²) >= 11 is 0. The Labute approximate surface area is 160 Å². The molecule has 28 heavy (non-hydrogen) atoms. The lowest BCUT2D eigenvalue weighted by Crippen LogP contribution is -2.22. The molecule has 0 bridgehead atoms. The van der Waals surface area contributed by atoms with Crippen LogP contribution in [0.5, 0.6) is 0 Å². The van der Waals surface area contributed by atoms with Gasteiger partial charge in [-0.2, -0.15) is 15.0 Å². The van der Waals surface area contributed by atoms with Gasteiger partial charge in [0.2, 0.25) is 0 Å². The third-order valence-electron chi connectivity index (χ3n) is 3.05. The number of nitrogens with one attached hydrogen (secondary N) is 2. The highest BCUT2D eigenvalue weighted by molar-refractivity contribution is 5.91. The van der Waals surface area contributed by atoms with Crippen molar-refractivity contribution < 1.29 is 19.8 Å². The Morgan fingerprint density at radius 1 is 1.32 bits per heavy atom. The smallest absolute Gasteiger partial charge is 0.328 e. The monoisotopic (exact) mass is 393 g/mol. The summed E-state index contributed by atoms with van der Waals surface area (Å²) in [7, 11) is 1.61. The minimum Gasteiger partial charge on any atom is -0.478 e. The number of guanidine groups is 1. The number of anilines is 1. The molecule has 2 rings (SSSR count). The number of rotatable bonds is 8. The fraction of sp³-hybridized carbons (Fsp3) is 0.400. The number of aromatic nitrogens is 6. The number of nitrogens with two attached hydrogens (primary N) is 1. The predicted octanol–water partition coefficient (Wildman–Crippen LogP) is -0.204. The van der Waals surface area contributed by atoms with Crippen LogP contribution >= 0.6 is 0 Å². The van der Waals surface area contributed by atoms with Gasteiger partial charge in [-0.05, 0) is 19.8 Å². The van der Waals surface area contributed by atoms with Crippen LogP contribution < -0.4 is 11.1 Å². The fourth-order valence-electron chi connectivity index (χ4n) is 1.83. The van der Waals surface area contributed by atoms with Crippen molar-refractivity contribution in [2.45, 2.75) is 32.7 Å². The van der Waals surface area contributed by atoms with Crippen LogP contribution in [-0.4, -0.2) is 65.3 Å². The summed E-state index contributed by atoms with van der Waals surface area (Å²) in [5.41, 5.74) is 5.55. The summed E-state index contributed by atoms with van der Waals surface area (Å²) in [5, 5.41) is 33.8. The van der Waals surface area contributed by atoms with Crippen molar-refractivity contribution in [1.82, 2.24) is 30.2 Å². The first kappa shape index (κ1) is 22.3. The minimum atomic E-state index is -1.26. The zero-order valence-corrected chi connectivity index (χ0v) is 15.5. The van der Waals surface area contributed by atoms with E-state index in [9.17, 15) is 9.59 Å². The van der Waals surface area contributed by atoms with Crippen molar-refractivity contribution >= 4 is 23.7 Å². The van der Waals surface area contributed by atoms with E-state index in [0.29, 0.717) is 23.9 Å². The van der Waals surface area contributed by atoms with Crippen molar-refractivity contribution in [2.24, 2.45) is 10.7 Å². The maximum Gasteiger partial charge on any atom is 0.328 e. The van der Waals surface area contributed by atoms with Gasteiger partial charge in [-0.25, -0.2) is 14.6 Å². The molecule has 0 saturated carbocycles. The van der Waals surface area contributed by atoms with Gasteiger partial charge in [0.05, 0.1) is 12.7 Å². The van der Waals surface area contributed by atoms with Crippen molar-refractivity contribution in [2.75, 3.05) is 12.4 Å². The molecule has 13 heteroatoms. The molecule has 0 unspecified atom stereocenters. The number of carboxylic acids is 2. The zero-order chi connectivity index (χ0) is 20.9. The normalized spacial score (nSPS) is 11.1. The van der Waals surface area contributed by atoms with Crippen LogP contribution in [0.25, 0.3) is 0 Å². The molecule has 0 aliphatic heterocycles. The lowest BCUT2D eigenvalue weighted by Gasteiger charge is -2.00. The molecule has 0 fully saturated rings. The number of nitrogens with zero attached hydrogens (tertiary/aromatic N) is 6. The summed E-state index contributed by atoms with van der Waals surface area (Å²) in [6, 6.07) is 0. The third-order valence-corrected chi connectivity index (χ3v) is 3.05. The Morgan fingerprint density at radius 3 is 2.54 bits per heavy atom. The summed E-state index contributed by atoms with van der Waals surface area (Å²) in [5.74, 6) is 0.0966. The van der Waals surface area contributed by atoms with Crippen LogP contribution in [0.15, 0.2) is 23.3 Å². The molecule has 0 atom stereocenters. The van der Waals surface area contributed by atoms with Crippen LogP contribution in [0.2, 0.25) is 0 Å². The largest absolute Gasteiger partial charge is 0.478 e. The first-order chi connectivity index (χ1) is 13.3. The van der Waals surface area contributed by atoms with E-state index in [-0.39, 0.29) is 0 Å². The number of aryl methyl sites for hydroxylation is 3. The number of carbonyl (C=O) groups is 2. The summed E-state index contributed by atoms with van der Waals surface area (Å²) in [6.07, 6.45) is 5.53. The maximum absolute atomic E-state index is 9.55. The highest BCUT2D eigenvalue weighted by atomic mass is 16.4. The molecular formula is C15H23N9O4. The van der Waals surface area contributed by atoms with Crippen molar-refractivity contribution in [3.05, 3.63) is 30.0 Å². The zero-order valence-electron chi connectivity index (χ0n) is 15.5. The van der Waals surface area contributed by atoms with E-state index in [1.165, 1.54) is 0 Å². The fourth-order valence-corrected chi connectivity index (χ4v) is 1.83. The maximum atomic E-state index is 9.55. The van der Waals surface area contributed by atoms with Crippen molar-refractivity contribution in [3.63, 3.8) is 0 Å². The molecule has 13 nitrogen and oxygen atoms in total. The van der Waals surface area contributed by atoms with E-state index >= 15 is 0 Å². The molecule has 0 aliphatic rings. The van der Waals surface area contributed by atoms with Gasteiger partial charge in [0, 0.05) is 25.6 Å². The van der Waals surface area contributed by atoms with Gasteiger partial charge in [-0.1, -0.05) is 0 Å². The van der Waals surface area contributed by atoms with E-state index in [0.717, 1.165) is 37.5 Å². The molecule has 0 spiro atoms. The predicted molar refractivity (Wildman–Crippen MR) is 99.7 cm³/mol. The average Bonchev–Trinajstić information content (AvgIpc) is 3.26. The van der Waals surface area contributed by atoms with Crippen LogP contribution in [0.4, 0.5) is 5.82 Å². The average molecular weight is 393 g/mol. The standard InChI is InChI=1S/C11H19N9.C4H4O4/c1-8-15-9(18-17-8)5-3-4-6-20-14-7-10(19-20)16-11(12)13-2;5-3(6)1-2-4(7)8/h7H,3-6H2,1-2H3,(H,15,17,18)(H3,12,13,16,19);1-2H,(H,5,6)(H,7,8). The SMILES string of the molecule is CN=C(N)Nc1cnn(CCCCc2n[nH]c(C)n2)n1.O=C(O)C=CC(=O)O. The molecule has 2 aromatic heterocycles. The second-order valence-electron chi connectivity index (χ2n) is 5.36. The van der Waals surface area contributed by atoms with Crippen LogP contribution in [0.1, 0.15) is 24.5 Å². The quantitative estimate of drug-likeness (QED) is 0.173. The van der Waals surface area contributed by atoms with E-state index in [1.54, 1.807) is 18.0 Å². The number of aliphatic carboxylic acids is 2. The lowest BCUT2D eigenvalue weighted by molar-refractivity contribution is -0.134. The molecule has 152 valence electrons. The second-order valence-corrected chi connectivity index (χ2v) is 5.36. The number of carboxylic acid groups (broad SMARTS) is 2. The van der Waals surface area contributed by atoms with Gasteiger partial charge in [0.25, 0.3) is 0 Å². The Bertz CT molecular complexity index is 809. The molecule has 0 aliphatic carbocycles. The van der Waals surface area contributed by atoms with Gasteiger partial charge in [-0.3, -0.25) is 10.1 Å². The number of aromatic amines is 1. The number of H-pyrrole nitrogens is 1. The molecule has 0 amide bonds. The third kappa shape index (κ3) is 9.65.